The Bertz CT molecular complexity index is 801. The molecule has 142 valence electrons. The lowest BCUT2D eigenvalue weighted by Gasteiger charge is -2.07. The Labute approximate surface area is 179 Å². The predicted octanol–water partition coefficient (Wildman–Crippen LogP) is 8.33. The summed E-state index contributed by atoms with van der Waals surface area (Å²) in [6, 6.07) is 13.3. The fraction of sp³-hybridized carbons (Fsp3) is 0.200. The fourth-order valence-corrected chi connectivity index (χ4v) is 8.42. The quantitative estimate of drug-likeness (QED) is 0.247. The smallest absolute Gasteiger partial charge is 0.123 e. The molecule has 0 aliphatic carbocycles. The van der Waals surface area contributed by atoms with Crippen molar-refractivity contribution < 1.29 is 8.78 Å². The Hall–Kier alpha value is -0.600. The van der Waals surface area contributed by atoms with E-state index >= 15 is 0 Å². The van der Waals surface area contributed by atoms with Gasteiger partial charge in [0.15, 0.2) is 0 Å². The summed E-state index contributed by atoms with van der Waals surface area (Å²) in [5.41, 5.74) is 0. The summed E-state index contributed by atoms with van der Waals surface area (Å²) < 4.78 is 26.0. The number of hydrogen-bond acceptors (Lipinski definition) is 5. The molecule has 1 aromatic heterocycles. The Balaban J connectivity index is 1.57. The molecule has 27 heavy (non-hydrogen) atoms. The van der Waals surface area contributed by atoms with Gasteiger partial charge in [-0.25, -0.2) is 8.78 Å². The van der Waals surface area contributed by atoms with Crippen LogP contribution in [0.4, 0.5) is 8.78 Å². The molecule has 7 heteroatoms. The largest absolute Gasteiger partial charge is 0.207 e. The monoisotopic (exact) mass is 456 g/mol. The molecular formula is C20H18F2S5. The maximum Gasteiger partial charge on any atom is 0.123 e. The van der Waals surface area contributed by atoms with Gasteiger partial charge in [0.1, 0.15) is 11.6 Å². The number of benzene rings is 2. The van der Waals surface area contributed by atoms with E-state index in [0.717, 1.165) is 20.0 Å². The standard InChI is InChI=1S/C20H18F2S5/c1-13-19(25-11-23-17-7-3-15(21)4-8-17)20(14(2)27-13)26-12-24-18-9-5-16(22)6-10-18/h3-10H,11-12H2,1-2H3. The van der Waals surface area contributed by atoms with Gasteiger partial charge in [0, 0.05) is 39.5 Å². The molecule has 0 fully saturated rings. The number of aryl methyl sites for hydroxylation is 2. The van der Waals surface area contributed by atoms with Gasteiger partial charge in [0.2, 0.25) is 0 Å². The van der Waals surface area contributed by atoms with E-state index in [4.69, 9.17) is 0 Å². The lowest BCUT2D eigenvalue weighted by molar-refractivity contribution is 0.626. The van der Waals surface area contributed by atoms with Gasteiger partial charge < -0.3 is 0 Å². The number of thioether (sulfide) groups is 4. The summed E-state index contributed by atoms with van der Waals surface area (Å²) in [6.07, 6.45) is 0. The summed E-state index contributed by atoms with van der Waals surface area (Å²) in [4.78, 5) is 7.52. The van der Waals surface area contributed by atoms with Crippen molar-refractivity contribution >= 4 is 58.4 Å². The van der Waals surface area contributed by atoms with E-state index in [-0.39, 0.29) is 11.6 Å². The highest BCUT2D eigenvalue weighted by atomic mass is 32.2. The molecule has 2 aromatic carbocycles. The summed E-state index contributed by atoms with van der Waals surface area (Å²) in [6.45, 7) is 4.33. The van der Waals surface area contributed by atoms with E-state index in [1.54, 1.807) is 23.5 Å². The average Bonchev–Trinajstić information content (AvgIpc) is 2.92. The molecule has 0 saturated heterocycles. The zero-order valence-electron chi connectivity index (χ0n) is 14.8. The first kappa shape index (κ1) is 21.1. The maximum atomic E-state index is 13.0. The molecule has 0 nitrogen and oxygen atoms in total. The molecule has 1 heterocycles. The normalized spacial score (nSPS) is 11.1. The van der Waals surface area contributed by atoms with Crippen LogP contribution >= 0.6 is 58.4 Å². The van der Waals surface area contributed by atoms with E-state index in [9.17, 15) is 8.78 Å². The number of hydrogen-bond donors (Lipinski definition) is 0. The van der Waals surface area contributed by atoms with Crippen LogP contribution in [-0.2, 0) is 0 Å². The Morgan fingerprint density at radius 3 is 1.37 bits per heavy atom. The van der Waals surface area contributed by atoms with Crippen LogP contribution in [0.5, 0.6) is 0 Å². The molecular weight excluding hydrogens is 439 g/mol. The highest BCUT2D eigenvalue weighted by Crippen LogP contribution is 2.44. The minimum absolute atomic E-state index is 0.200. The van der Waals surface area contributed by atoms with Crippen molar-refractivity contribution in [3.63, 3.8) is 0 Å². The van der Waals surface area contributed by atoms with Crippen LogP contribution in [0.3, 0.4) is 0 Å². The lowest BCUT2D eigenvalue weighted by atomic mass is 10.4. The third-order valence-electron chi connectivity index (χ3n) is 3.64. The number of rotatable bonds is 8. The van der Waals surface area contributed by atoms with Gasteiger partial charge in [-0.3, -0.25) is 0 Å². The highest BCUT2D eigenvalue weighted by molar-refractivity contribution is 8.17. The second kappa shape index (κ2) is 10.3. The van der Waals surface area contributed by atoms with E-state index in [1.807, 2.05) is 59.1 Å². The molecule has 0 aliphatic heterocycles. The Morgan fingerprint density at radius 1 is 0.630 bits per heavy atom. The van der Waals surface area contributed by atoms with Gasteiger partial charge in [-0.2, -0.15) is 0 Å². The first-order valence-electron chi connectivity index (χ1n) is 8.15. The lowest BCUT2D eigenvalue weighted by Crippen LogP contribution is -1.82. The van der Waals surface area contributed by atoms with Gasteiger partial charge in [-0.1, -0.05) is 0 Å². The molecule has 0 bridgehead atoms. The van der Waals surface area contributed by atoms with Crippen LogP contribution in [0.1, 0.15) is 9.75 Å². The summed E-state index contributed by atoms with van der Waals surface area (Å²) in [7, 11) is 0. The van der Waals surface area contributed by atoms with Crippen LogP contribution in [-0.4, -0.2) is 10.2 Å². The maximum absolute atomic E-state index is 13.0. The molecule has 3 aromatic rings. The first-order valence-corrected chi connectivity index (χ1v) is 12.9. The van der Waals surface area contributed by atoms with Crippen LogP contribution < -0.4 is 0 Å². The van der Waals surface area contributed by atoms with Crippen LogP contribution in [0.25, 0.3) is 0 Å². The Kier molecular flexibility index (Phi) is 8.02. The third kappa shape index (κ3) is 6.19. The van der Waals surface area contributed by atoms with Crippen molar-refractivity contribution in [1.82, 2.24) is 0 Å². The molecule has 0 radical (unpaired) electrons. The van der Waals surface area contributed by atoms with Crippen LogP contribution in [0.15, 0.2) is 68.1 Å². The molecule has 0 saturated carbocycles. The van der Waals surface area contributed by atoms with Gasteiger partial charge >= 0.3 is 0 Å². The summed E-state index contributed by atoms with van der Waals surface area (Å²) >= 11 is 8.96. The van der Waals surface area contributed by atoms with Crippen molar-refractivity contribution in [3.8, 4) is 0 Å². The van der Waals surface area contributed by atoms with E-state index in [1.165, 1.54) is 43.8 Å². The first-order chi connectivity index (χ1) is 13.0. The zero-order chi connectivity index (χ0) is 19.2. The van der Waals surface area contributed by atoms with Crippen molar-refractivity contribution in [1.29, 1.82) is 0 Å². The fourth-order valence-electron chi connectivity index (χ4n) is 2.35. The minimum Gasteiger partial charge on any atom is -0.207 e. The number of halogens is 2. The topological polar surface area (TPSA) is 0 Å². The molecule has 0 N–H and O–H groups in total. The van der Waals surface area contributed by atoms with Crippen molar-refractivity contribution in [3.05, 3.63) is 69.9 Å². The molecule has 0 atom stereocenters. The van der Waals surface area contributed by atoms with Crippen molar-refractivity contribution in [2.75, 3.05) is 10.2 Å². The molecule has 3 rings (SSSR count). The second-order valence-corrected chi connectivity index (χ2v) is 11.8. The predicted molar refractivity (Wildman–Crippen MR) is 120 cm³/mol. The average molecular weight is 457 g/mol. The van der Waals surface area contributed by atoms with Gasteiger partial charge in [-0.15, -0.1) is 58.4 Å². The summed E-state index contributed by atoms with van der Waals surface area (Å²) in [5.74, 6) is -0.401. The van der Waals surface area contributed by atoms with Crippen LogP contribution in [0.2, 0.25) is 0 Å². The van der Waals surface area contributed by atoms with E-state index < -0.39 is 0 Å². The van der Waals surface area contributed by atoms with Crippen LogP contribution in [0, 0.1) is 25.5 Å². The molecule has 0 unspecified atom stereocenters. The zero-order valence-corrected chi connectivity index (χ0v) is 18.9. The Morgan fingerprint density at radius 2 is 1.00 bits per heavy atom. The summed E-state index contributed by atoms with van der Waals surface area (Å²) in [5, 5.41) is 1.78. The van der Waals surface area contributed by atoms with Gasteiger partial charge in [-0.05, 0) is 62.4 Å². The van der Waals surface area contributed by atoms with Crippen molar-refractivity contribution in [2.45, 2.75) is 33.4 Å². The highest BCUT2D eigenvalue weighted by Gasteiger charge is 2.14. The number of thiophene rings is 1. The van der Waals surface area contributed by atoms with Crippen molar-refractivity contribution in [2.24, 2.45) is 0 Å². The molecule has 0 spiro atoms. The van der Waals surface area contributed by atoms with E-state index in [0.29, 0.717) is 0 Å². The SMILES string of the molecule is Cc1sc(C)c(SCSc2ccc(F)cc2)c1SCSc1ccc(F)cc1. The second-order valence-electron chi connectivity index (χ2n) is 5.59. The van der Waals surface area contributed by atoms with Gasteiger partial charge in [0.25, 0.3) is 0 Å². The third-order valence-corrected chi connectivity index (χ3v) is 9.74. The molecule has 0 amide bonds. The van der Waals surface area contributed by atoms with Gasteiger partial charge in [0.05, 0.1) is 0 Å². The minimum atomic E-state index is -0.200. The van der Waals surface area contributed by atoms with E-state index in [2.05, 4.69) is 13.8 Å². The molecule has 0 aliphatic rings.